The Hall–Kier alpha value is -1.49. The van der Waals surface area contributed by atoms with Gasteiger partial charge in [-0.05, 0) is 30.5 Å². The lowest BCUT2D eigenvalue weighted by Crippen LogP contribution is -2.21. The lowest BCUT2D eigenvalue weighted by Gasteiger charge is -2.25. The number of hydrogen-bond acceptors (Lipinski definition) is 3. The monoisotopic (exact) mass is 252 g/mol. The number of nitro groups is 1. The SMILES string of the molecule is O=[N+]([O-])c1ccc(CNCCC2CCC2)cc1F. The predicted molar refractivity (Wildman–Crippen MR) is 66.7 cm³/mol. The zero-order chi connectivity index (χ0) is 13.0. The molecule has 5 heteroatoms. The maximum absolute atomic E-state index is 13.3. The minimum absolute atomic E-state index is 0.465. The van der Waals surface area contributed by atoms with Crippen molar-refractivity contribution in [1.82, 2.24) is 5.32 Å². The third kappa shape index (κ3) is 3.26. The first-order valence-electron chi connectivity index (χ1n) is 6.30. The maximum Gasteiger partial charge on any atom is 0.304 e. The second-order valence-electron chi connectivity index (χ2n) is 4.81. The van der Waals surface area contributed by atoms with Gasteiger partial charge in [0.2, 0.25) is 5.82 Å². The van der Waals surface area contributed by atoms with E-state index in [9.17, 15) is 14.5 Å². The molecule has 2 rings (SSSR count). The topological polar surface area (TPSA) is 55.2 Å². The summed E-state index contributed by atoms with van der Waals surface area (Å²) in [5.74, 6) is 0.0874. The van der Waals surface area contributed by atoms with Crippen molar-refractivity contribution in [3.8, 4) is 0 Å². The van der Waals surface area contributed by atoms with Gasteiger partial charge in [0.1, 0.15) is 0 Å². The van der Waals surface area contributed by atoms with E-state index in [2.05, 4.69) is 5.32 Å². The van der Waals surface area contributed by atoms with Crippen LogP contribution in [-0.2, 0) is 6.54 Å². The largest absolute Gasteiger partial charge is 0.313 e. The van der Waals surface area contributed by atoms with E-state index in [0.717, 1.165) is 24.4 Å². The molecule has 1 aliphatic rings. The number of nitrogens with one attached hydrogen (secondary N) is 1. The first-order valence-corrected chi connectivity index (χ1v) is 6.30. The Balaban J connectivity index is 1.78. The summed E-state index contributed by atoms with van der Waals surface area (Å²) in [7, 11) is 0. The van der Waals surface area contributed by atoms with Gasteiger partial charge in [0.05, 0.1) is 4.92 Å². The highest BCUT2D eigenvalue weighted by Gasteiger charge is 2.16. The van der Waals surface area contributed by atoms with Crippen LogP contribution in [0.4, 0.5) is 10.1 Å². The zero-order valence-electron chi connectivity index (χ0n) is 10.2. The number of rotatable bonds is 6. The van der Waals surface area contributed by atoms with E-state index in [1.165, 1.54) is 31.4 Å². The van der Waals surface area contributed by atoms with E-state index in [1.807, 2.05) is 0 Å². The molecule has 1 aliphatic carbocycles. The van der Waals surface area contributed by atoms with Crippen LogP contribution in [0, 0.1) is 21.8 Å². The van der Waals surface area contributed by atoms with Gasteiger partial charge in [0.25, 0.3) is 0 Å². The van der Waals surface area contributed by atoms with Crippen LogP contribution in [0.1, 0.15) is 31.2 Å². The summed E-state index contributed by atoms with van der Waals surface area (Å²) >= 11 is 0. The first-order chi connectivity index (χ1) is 8.66. The van der Waals surface area contributed by atoms with Crippen LogP contribution in [0.2, 0.25) is 0 Å². The first kappa shape index (κ1) is 13.0. The normalized spacial score (nSPS) is 15.4. The highest BCUT2D eigenvalue weighted by molar-refractivity contribution is 5.34. The van der Waals surface area contributed by atoms with Crippen molar-refractivity contribution >= 4 is 5.69 Å². The lowest BCUT2D eigenvalue weighted by atomic mass is 9.83. The summed E-state index contributed by atoms with van der Waals surface area (Å²) < 4.78 is 13.3. The van der Waals surface area contributed by atoms with Crippen LogP contribution in [0.15, 0.2) is 18.2 Å². The third-order valence-electron chi connectivity index (χ3n) is 3.49. The number of hydrogen-bond donors (Lipinski definition) is 1. The average molecular weight is 252 g/mol. The number of nitro benzene ring substituents is 1. The number of benzene rings is 1. The molecule has 1 saturated carbocycles. The van der Waals surface area contributed by atoms with Crippen LogP contribution in [0.3, 0.4) is 0 Å². The van der Waals surface area contributed by atoms with E-state index in [-0.39, 0.29) is 0 Å². The molecule has 1 aromatic carbocycles. The van der Waals surface area contributed by atoms with E-state index in [4.69, 9.17) is 0 Å². The molecule has 1 aromatic rings. The van der Waals surface area contributed by atoms with Gasteiger partial charge >= 0.3 is 5.69 Å². The Kier molecular flexibility index (Phi) is 4.25. The molecule has 0 aromatic heterocycles. The number of halogens is 1. The standard InChI is InChI=1S/C13H17FN2O2/c14-12-8-11(4-5-13(12)16(17)18)9-15-7-6-10-2-1-3-10/h4-5,8,10,15H,1-3,6-7,9H2. The van der Waals surface area contributed by atoms with Crippen LogP contribution in [0.25, 0.3) is 0 Å². The fourth-order valence-corrected chi connectivity index (χ4v) is 2.13. The highest BCUT2D eigenvalue weighted by atomic mass is 19.1. The summed E-state index contributed by atoms with van der Waals surface area (Å²) in [6.07, 6.45) is 5.16. The van der Waals surface area contributed by atoms with Gasteiger partial charge in [-0.15, -0.1) is 0 Å². The Labute approximate surface area is 105 Å². The minimum atomic E-state index is -0.765. The summed E-state index contributed by atoms with van der Waals surface area (Å²) in [5, 5.41) is 13.7. The molecule has 0 atom stereocenters. The molecule has 0 unspecified atom stereocenters. The molecular formula is C13H17FN2O2. The van der Waals surface area contributed by atoms with Crippen LogP contribution in [0.5, 0.6) is 0 Å². The molecule has 1 fully saturated rings. The minimum Gasteiger partial charge on any atom is -0.313 e. The van der Waals surface area contributed by atoms with Crippen molar-refractivity contribution in [1.29, 1.82) is 0 Å². The Morgan fingerprint density at radius 2 is 2.22 bits per heavy atom. The molecule has 98 valence electrons. The molecule has 0 amide bonds. The smallest absolute Gasteiger partial charge is 0.304 e. The fraction of sp³-hybridized carbons (Fsp3) is 0.538. The quantitative estimate of drug-likeness (QED) is 0.481. The molecule has 0 spiro atoms. The zero-order valence-corrected chi connectivity index (χ0v) is 10.2. The molecular weight excluding hydrogens is 235 g/mol. The van der Waals surface area contributed by atoms with Crippen LogP contribution >= 0.6 is 0 Å². The Bertz CT molecular complexity index is 433. The molecule has 0 bridgehead atoms. The van der Waals surface area contributed by atoms with Gasteiger partial charge in [0, 0.05) is 12.6 Å². The van der Waals surface area contributed by atoms with E-state index in [1.54, 1.807) is 6.07 Å². The lowest BCUT2D eigenvalue weighted by molar-refractivity contribution is -0.387. The summed E-state index contributed by atoms with van der Waals surface area (Å²) in [6.45, 7) is 1.48. The van der Waals surface area contributed by atoms with Gasteiger partial charge in [-0.3, -0.25) is 10.1 Å². The van der Waals surface area contributed by atoms with E-state index in [0.29, 0.717) is 6.54 Å². The van der Waals surface area contributed by atoms with E-state index < -0.39 is 16.4 Å². The maximum atomic E-state index is 13.3. The van der Waals surface area contributed by atoms with Gasteiger partial charge in [-0.1, -0.05) is 25.3 Å². The second kappa shape index (κ2) is 5.91. The molecule has 4 nitrogen and oxygen atoms in total. The molecule has 0 heterocycles. The van der Waals surface area contributed by atoms with Crippen molar-refractivity contribution in [3.63, 3.8) is 0 Å². The van der Waals surface area contributed by atoms with Crippen molar-refractivity contribution in [2.75, 3.05) is 6.54 Å². The Morgan fingerprint density at radius 3 is 2.78 bits per heavy atom. The van der Waals surface area contributed by atoms with Gasteiger partial charge in [0.15, 0.2) is 0 Å². The number of nitrogens with zero attached hydrogens (tertiary/aromatic N) is 1. The van der Waals surface area contributed by atoms with Crippen LogP contribution in [-0.4, -0.2) is 11.5 Å². The van der Waals surface area contributed by atoms with Crippen molar-refractivity contribution in [2.24, 2.45) is 5.92 Å². The molecule has 0 aliphatic heterocycles. The average Bonchev–Trinajstić information content (AvgIpc) is 2.26. The van der Waals surface area contributed by atoms with Gasteiger partial charge in [-0.2, -0.15) is 4.39 Å². The second-order valence-corrected chi connectivity index (χ2v) is 4.81. The van der Waals surface area contributed by atoms with Gasteiger partial charge < -0.3 is 5.32 Å². The van der Waals surface area contributed by atoms with Crippen molar-refractivity contribution in [3.05, 3.63) is 39.7 Å². The van der Waals surface area contributed by atoms with E-state index >= 15 is 0 Å². The summed E-state index contributed by atoms with van der Waals surface area (Å²) in [4.78, 5) is 9.75. The third-order valence-corrected chi connectivity index (χ3v) is 3.49. The fourth-order valence-electron chi connectivity index (χ4n) is 2.13. The van der Waals surface area contributed by atoms with Crippen molar-refractivity contribution < 1.29 is 9.31 Å². The predicted octanol–water partition coefficient (Wildman–Crippen LogP) is 3.01. The molecule has 18 heavy (non-hydrogen) atoms. The highest BCUT2D eigenvalue weighted by Crippen LogP contribution is 2.28. The molecule has 0 radical (unpaired) electrons. The summed E-state index contributed by atoms with van der Waals surface area (Å²) in [5.41, 5.74) is 0.278. The molecule has 1 N–H and O–H groups in total. The summed E-state index contributed by atoms with van der Waals surface area (Å²) in [6, 6.07) is 4.05. The Morgan fingerprint density at radius 1 is 1.44 bits per heavy atom. The van der Waals surface area contributed by atoms with Gasteiger partial charge in [-0.25, -0.2) is 0 Å². The molecule has 0 saturated heterocycles. The van der Waals surface area contributed by atoms with Crippen molar-refractivity contribution in [2.45, 2.75) is 32.2 Å². The van der Waals surface area contributed by atoms with Crippen LogP contribution < -0.4 is 5.32 Å².